The molecule has 7 heteroatoms. The highest BCUT2D eigenvalue weighted by atomic mass is 35.5. The lowest BCUT2D eigenvalue weighted by molar-refractivity contribution is -0.143. The number of hydrogen-bond donors (Lipinski definition) is 1. The fourth-order valence-corrected chi connectivity index (χ4v) is 2.18. The van der Waals surface area contributed by atoms with Gasteiger partial charge in [-0.25, -0.2) is 4.99 Å². The average molecular weight is 347 g/mol. The number of aliphatic imine (C=N–C) groups is 1. The lowest BCUT2D eigenvalue weighted by Crippen LogP contribution is -2.35. The van der Waals surface area contributed by atoms with Gasteiger partial charge in [0.1, 0.15) is 6.54 Å². The van der Waals surface area contributed by atoms with E-state index in [1.807, 2.05) is 30.0 Å². The summed E-state index contributed by atoms with van der Waals surface area (Å²) in [6.45, 7) is 5.05. The van der Waals surface area contributed by atoms with Crippen LogP contribution in [0.4, 0.5) is 5.69 Å². The van der Waals surface area contributed by atoms with Crippen molar-refractivity contribution in [2.24, 2.45) is 4.99 Å². The Labute approximate surface area is 143 Å². The van der Waals surface area contributed by atoms with Crippen molar-refractivity contribution in [3.05, 3.63) is 29.3 Å². The van der Waals surface area contributed by atoms with E-state index in [-0.39, 0.29) is 24.9 Å². The molecule has 0 fully saturated rings. The second-order valence-electron chi connectivity index (χ2n) is 4.55. The third-order valence-electron chi connectivity index (χ3n) is 2.86. The molecule has 0 aromatic heterocycles. The monoisotopic (exact) mass is 346 g/mol. The summed E-state index contributed by atoms with van der Waals surface area (Å²) in [4.78, 5) is 17.7. The number of carbonyl (C=O) groups is 1. The summed E-state index contributed by atoms with van der Waals surface area (Å²) < 4.78 is 9.19. The van der Waals surface area contributed by atoms with Crippen molar-refractivity contribution in [1.82, 2.24) is 4.90 Å². The molecule has 0 saturated heterocycles. The second-order valence-corrected chi connectivity index (χ2v) is 4.95. The molecule has 1 heterocycles. The smallest absolute Gasteiger partial charge is 0.325 e. The van der Waals surface area contributed by atoms with E-state index < -0.39 is 0 Å². The maximum absolute atomic E-state index is 11.5. The molecule has 22 heavy (non-hydrogen) atoms. The normalized spacial score (nSPS) is 12.2. The Bertz CT molecular complexity index is 524. The molecule has 0 saturated carbocycles. The number of thiol groups is 1. The average Bonchev–Trinajstić information content (AvgIpc) is 2.42. The van der Waals surface area contributed by atoms with Crippen LogP contribution < -0.4 is 0 Å². The van der Waals surface area contributed by atoms with Crippen LogP contribution in [-0.2, 0) is 20.8 Å². The number of ether oxygens (including phenoxy) is 2. The Morgan fingerprint density at radius 2 is 2.05 bits per heavy atom. The van der Waals surface area contributed by atoms with Gasteiger partial charge in [0.05, 0.1) is 12.3 Å². The Kier molecular flexibility index (Phi) is 9.89. The minimum absolute atomic E-state index is 0. The highest BCUT2D eigenvalue weighted by Gasteiger charge is 2.21. The summed E-state index contributed by atoms with van der Waals surface area (Å²) in [6, 6.07) is 5.97. The van der Waals surface area contributed by atoms with Gasteiger partial charge in [0.2, 0.25) is 0 Å². The third kappa shape index (κ3) is 5.87. The van der Waals surface area contributed by atoms with Gasteiger partial charge in [0, 0.05) is 26.3 Å². The van der Waals surface area contributed by atoms with Crippen LogP contribution in [0.3, 0.4) is 0 Å². The van der Waals surface area contributed by atoms with Crippen LogP contribution in [0.2, 0.25) is 0 Å². The predicted molar refractivity (Wildman–Crippen MR) is 94.5 cm³/mol. The Morgan fingerprint density at radius 3 is 2.64 bits per heavy atom. The largest absolute Gasteiger partial charge is 0.465 e. The van der Waals surface area contributed by atoms with E-state index in [4.69, 9.17) is 4.74 Å². The van der Waals surface area contributed by atoms with E-state index in [2.05, 4.69) is 22.4 Å². The summed E-state index contributed by atoms with van der Waals surface area (Å²) in [5, 5.41) is 0.557. The molecule has 0 radical (unpaired) electrons. The number of carbonyl (C=O) groups excluding carboxylic acids is 1. The topological polar surface area (TPSA) is 51.1 Å². The van der Waals surface area contributed by atoms with Crippen LogP contribution in [0, 0.1) is 6.92 Å². The second kappa shape index (κ2) is 10.5. The van der Waals surface area contributed by atoms with Crippen LogP contribution in [0.5, 0.6) is 0 Å². The van der Waals surface area contributed by atoms with Crippen LogP contribution >= 0.6 is 25.0 Å². The molecule has 1 aliphatic heterocycles. The van der Waals surface area contributed by atoms with Gasteiger partial charge in [-0.15, -0.1) is 25.0 Å². The number of rotatable bonds is 3. The standard InChI is InChI=1S/C13H16N2O2S.C2H6O.ClH/c1-3-17-12(16)8-15-7-10-9(2)5-4-6-11(10)14-13(15)18;1-3-2;/h4-6H,3,7-8H2,1-2H3,(H,14,18);1-2H3;1H. The zero-order valence-corrected chi connectivity index (χ0v) is 15.0. The first-order valence-corrected chi connectivity index (χ1v) is 7.15. The molecule has 2 rings (SSSR count). The van der Waals surface area contributed by atoms with Crippen molar-refractivity contribution in [3.8, 4) is 0 Å². The number of amidine groups is 1. The van der Waals surface area contributed by atoms with Crippen molar-refractivity contribution in [1.29, 1.82) is 0 Å². The van der Waals surface area contributed by atoms with Crippen molar-refractivity contribution in [3.63, 3.8) is 0 Å². The maximum Gasteiger partial charge on any atom is 0.325 e. The third-order valence-corrected chi connectivity index (χ3v) is 3.25. The van der Waals surface area contributed by atoms with Gasteiger partial charge in [-0.2, -0.15) is 0 Å². The number of nitrogens with zero attached hydrogens (tertiary/aromatic N) is 2. The molecule has 0 atom stereocenters. The van der Waals surface area contributed by atoms with Crippen LogP contribution in [-0.4, -0.2) is 43.4 Å². The molecule has 0 bridgehead atoms. The van der Waals surface area contributed by atoms with E-state index in [9.17, 15) is 4.79 Å². The summed E-state index contributed by atoms with van der Waals surface area (Å²) in [5.74, 6) is -0.253. The first-order chi connectivity index (χ1) is 10.0. The number of hydrogen-bond acceptors (Lipinski definition) is 5. The van der Waals surface area contributed by atoms with Gasteiger partial charge in [-0.3, -0.25) is 4.79 Å². The molecule has 124 valence electrons. The van der Waals surface area contributed by atoms with E-state index in [0.717, 1.165) is 11.3 Å². The van der Waals surface area contributed by atoms with E-state index in [1.165, 1.54) is 5.56 Å². The number of esters is 1. The summed E-state index contributed by atoms with van der Waals surface area (Å²) >= 11 is 4.33. The van der Waals surface area contributed by atoms with Gasteiger partial charge in [-0.1, -0.05) is 12.1 Å². The Morgan fingerprint density at radius 1 is 1.41 bits per heavy atom. The number of halogens is 1. The lowest BCUT2D eigenvalue weighted by atomic mass is 10.1. The first kappa shape index (κ1) is 20.8. The van der Waals surface area contributed by atoms with Crippen LogP contribution in [0.15, 0.2) is 23.2 Å². The molecule has 1 aromatic rings. The zero-order chi connectivity index (χ0) is 15.8. The van der Waals surface area contributed by atoms with E-state index in [0.29, 0.717) is 18.3 Å². The fourth-order valence-electron chi connectivity index (χ4n) is 1.93. The van der Waals surface area contributed by atoms with E-state index >= 15 is 0 Å². The van der Waals surface area contributed by atoms with Crippen molar-refractivity contribution in [2.75, 3.05) is 27.4 Å². The van der Waals surface area contributed by atoms with Crippen molar-refractivity contribution >= 4 is 41.9 Å². The molecular formula is C15H23ClN2O3S. The minimum Gasteiger partial charge on any atom is -0.465 e. The number of benzene rings is 1. The Hall–Kier alpha value is -1.24. The molecule has 0 N–H and O–H groups in total. The zero-order valence-electron chi connectivity index (χ0n) is 13.3. The highest BCUT2D eigenvalue weighted by Crippen LogP contribution is 2.29. The fraction of sp³-hybridized carbons (Fsp3) is 0.467. The number of methoxy groups -OCH3 is 1. The molecule has 0 amide bonds. The molecule has 1 aliphatic rings. The van der Waals surface area contributed by atoms with Gasteiger partial charge in [-0.05, 0) is 25.5 Å². The summed E-state index contributed by atoms with van der Waals surface area (Å²) in [6.07, 6.45) is 0. The van der Waals surface area contributed by atoms with Gasteiger partial charge in [0.25, 0.3) is 0 Å². The van der Waals surface area contributed by atoms with E-state index in [1.54, 1.807) is 21.1 Å². The molecule has 5 nitrogen and oxygen atoms in total. The van der Waals surface area contributed by atoms with Crippen molar-refractivity contribution in [2.45, 2.75) is 20.4 Å². The first-order valence-electron chi connectivity index (χ1n) is 6.70. The van der Waals surface area contributed by atoms with Gasteiger partial charge >= 0.3 is 5.97 Å². The molecule has 0 spiro atoms. The minimum atomic E-state index is -0.253. The number of fused-ring (bicyclic) bond motifs is 1. The Balaban J connectivity index is 0.00000102. The quantitative estimate of drug-likeness (QED) is 0.675. The molecule has 0 unspecified atom stereocenters. The number of aryl methyl sites for hydroxylation is 1. The van der Waals surface area contributed by atoms with Crippen LogP contribution in [0.25, 0.3) is 0 Å². The van der Waals surface area contributed by atoms with Crippen LogP contribution in [0.1, 0.15) is 18.1 Å². The molecular weight excluding hydrogens is 324 g/mol. The summed E-state index contributed by atoms with van der Waals surface area (Å²) in [5.41, 5.74) is 3.24. The molecule has 1 aromatic carbocycles. The van der Waals surface area contributed by atoms with Gasteiger partial charge < -0.3 is 14.4 Å². The SMILES string of the molecule is CCOC(=O)CN1Cc2c(C)cccc2N=C1S.COC.Cl. The van der Waals surface area contributed by atoms with Crippen molar-refractivity contribution < 1.29 is 14.3 Å². The predicted octanol–water partition coefficient (Wildman–Crippen LogP) is 2.98. The van der Waals surface area contributed by atoms with Gasteiger partial charge in [0.15, 0.2) is 5.17 Å². The summed E-state index contributed by atoms with van der Waals surface area (Å²) in [7, 11) is 3.25. The lowest BCUT2D eigenvalue weighted by Gasteiger charge is -2.28. The molecule has 0 aliphatic carbocycles. The highest BCUT2D eigenvalue weighted by molar-refractivity contribution is 7.96. The maximum atomic E-state index is 11.5.